The number of rotatable bonds is 10. The van der Waals surface area contributed by atoms with Crippen LogP contribution in [0.4, 0.5) is 42.5 Å². The highest BCUT2D eigenvalue weighted by molar-refractivity contribution is 7.95. The molecule has 0 radical (unpaired) electrons. The minimum Gasteiger partial charge on any atom is -1.00 e. The number of hydrogen-bond donors (Lipinski definition) is 2. The summed E-state index contributed by atoms with van der Waals surface area (Å²) in [6.45, 7) is 0. The average Bonchev–Trinajstić information content (AvgIpc) is 3.27. The van der Waals surface area contributed by atoms with Crippen molar-refractivity contribution in [2.45, 2.75) is 18.5 Å². The third kappa shape index (κ3) is 9.10. The van der Waals surface area contributed by atoms with Crippen LogP contribution in [0.2, 0.25) is 0 Å². The van der Waals surface area contributed by atoms with E-state index in [1.54, 1.807) is 20.3 Å². The molecule has 8 aromatic rings. The summed E-state index contributed by atoms with van der Waals surface area (Å²) in [6, 6.07) is 49.4. The number of benzene rings is 8. The van der Waals surface area contributed by atoms with Crippen molar-refractivity contribution in [3.63, 3.8) is 0 Å². The highest BCUT2D eigenvalue weighted by Gasteiger charge is 2.48. The Balaban J connectivity index is 0.00000595. The van der Waals surface area contributed by atoms with Gasteiger partial charge in [0.15, 0.2) is 0 Å². The molecule has 13 heteroatoms. The van der Waals surface area contributed by atoms with Gasteiger partial charge in [-0.2, -0.15) is 26.3 Å². The Kier molecular flexibility index (Phi) is 12.9. The van der Waals surface area contributed by atoms with Crippen LogP contribution in [0.5, 0.6) is 11.5 Å². The molecule has 0 spiro atoms. The maximum atomic E-state index is 14.0. The first-order valence-corrected chi connectivity index (χ1v) is 21.4. The molecule has 0 aliphatic rings. The molecule has 0 aromatic heterocycles. The maximum Gasteiger partial charge on any atom is 0.416 e. The molecule has 2 amide bonds. The lowest BCUT2D eigenvalue weighted by molar-refractivity contribution is -0.143. The van der Waals surface area contributed by atoms with Crippen molar-refractivity contribution in [2.24, 2.45) is 0 Å². The largest absolute Gasteiger partial charge is 1.00 e. The fourth-order valence-electron chi connectivity index (χ4n) is 8.09. The number of methoxy groups -OCH3 is 2. The lowest BCUT2D eigenvalue weighted by Crippen LogP contribution is -3.00. The second-order valence-electron chi connectivity index (χ2n) is 14.6. The summed E-state index contributed by atoms with van der Waals surface area (Å²) < 4.78 is 94.4. The van der Waals surface area contributed by atoms with Crippen molar-refractivity contribution < 1.29 is 57.6 Å². The Morgan fingerprint density at radius 3 is 1.52 bits per heavy atom. The van der Waals surface area contributed by atoms with Gasteiger partial charge in [-0.05, 0) is 93.8 Å². The smallest absolute Gasteiger partial charge is 0.416 e. The minimum atomic E-state index is -5.10. The summed E-state index contributed by atoms with van der Waals surface area (Å²) in [4.78, 5) is 14.0. The van der Waals surface area contributed by atoms with Crippen LogP contribution in [0.15, 0.2) is 170 Å². The number of amides is 2. The van der Waals surface area contributed by atoms with Gasteiger partial charge in [0.05, 0.1) is 37.2 Å². The van der Waals surface area contributed by atoms with E-state index in [1.165, 1.54) is 0 Å². The van der Waals surface area contributed by atoms with Gasteiger partial charge in [0.1, 0.15) is 34.7 Å². The van der Waals surface area contributed by atoms with Gasteiger partial charge in [-0.1, -0.05) is 97.1 Å². The molecular weight excluding hydrogens is 901 g/mol. The number of carbonyl (C=O) groups is 1. The molecule has 0 saturated carbocycles. The molecule has 2 N–H and O–H groups in total. The Morgan fingerprint density at radius 1 is 0.540 bits per heavy atom. The standard InChI is InChI=1S/C50H37F6N2O3P.BrH/c1-60-38-25-32(26-39(30-38)61-2)31-62(40-15-5-3-6-16-40,41-17-7-4-8-18-41)45-24-22-34-14-10-12-20-43(34)47(45)46-42-19-11-9-13-33(42)21-23-44(46)58-48(59)57-37-28-35(49(51,52)53)27-36(29-37)50(54,55)56;/h3-30H,31H2,1-2H3,(H-,57,58,59);1H. The number of ether oxygens (including phenoxy) is 2. The monoisotopic (exact) mass is 938 g/mol. The predicted molar refractivity (Wildman–Crippen MR) is 238 cm³/mol. The number of hydrogen-bond acceptors (Lipinski definition) is 3. The molecule has 5 nitrogen and oxygen atoms in total. The number of carbonyl (C=O) groups excluding carboxylic acids is 1. The van der Waals surface area contributed by atoms with Crippen molar-refractivity contribution in [2.75, 3.05) is 24.9 Å². The topological polar surface area (TPSA) is 59.6 Å². The molecule has 0 unspecified atom stereocenters. The van der Waals surface area contributed by atoms with Gasteiger partial charge >= 0.3 is 18.4 Å². The van der Waals surface area contributed by atoms with Crippen LogP contribution >= 0.6 is 7.26 Å². The lowest BCUT2D eigenvalue weighted by Gasteiger charge is -2.31. The number of urea groups is 1. The van der Waals surface area contributed by atoms with Crippen molar-refractivity contribution in [1.29, 1.82) is 0 Å². The zero-order valence-corrected chi connectivity index (χ0v) is 36.2. The van der Waals surface area contributed by atoms with Crippen LogP contribution in [0.1, 0.15) is 16.7 Å². The van der Waals surface area contributed by atoms with Crippen LogP contribution in [-0.4, -0.2) is 20.3 Å². The van der Waals surface area contributed by atoms with Gasteiger partial charge in [-0.3, -0.25) is 0 Å². The fourth-order valence-corrected chi connectivity index (χ4v) is 12.5. The second kappa shape index (κ2) is 18.2. The molecule has 0 aliphatic carbocycles. The highest BCUT2D eigenvalue weighted by atomic mass is 79.9. The van der Waals surface area contributed by atoms with Crippen LogP contribution in [0.3, 0.4) is 0 Å². The Hall–Kier alpha value is -6.36. The van der Waals surface area contributed by atoms with Gasteiger partial charge < -0.3 is 37.1 Å². The van der Waals surface area contributed by atoms with E-state index < -0.39 is 42.5 Å². The second-order valence-corrected chi connectivity index (χ2v) is 18.1. The lowest BCUT2D eigenvalue weighted by atomic mass is 9.92. The van der Waals surface area contributed by atoms with E-state index in [0.29, 0.717) is 35.4 Å². The summed E-state index contributed by atoms with van der Waals surface area (Å²) in [5, 5.41) is 11.5. The minimum absolute atomic E-state index is 0. The van der Waals surface area contributed by atoms with Gasteiger partial charge in [0.2, 0.25) is 0 Å². The van der Waals surface area contributed by atoms with Crippen LogP contribution in [-0.2, 0) is 18.5 Å². The van der Waals surface area contributed by atoms with Gasteiger partial charge in [0.25, 0.3) is 0 Å². The summed E-state index contributed by atoms with van der Waals surface area (Å²) >= 11 is 0. The number of fused-ring (bicyclic) bond motifs is 2. The van der Waals surface area contributed by atoms with E-state index >= 15 is 0 Å². The maximum absolute atomic E-state index is 14.0. The quantitative estimate of drug-likeness (QED) is 0.106. The molecule has 0 fully saturated rings. The Bertz CT molecular complexity index is 2830. The molecule has 320 valence electrons. The van der Waals surface area contributed by atoms with Crippen molar-refractivity contribution in [3.8, 4) is 22.6 Å². The normalized spacial score (nSPS) is 11.8. The third-order valence-corrected chi connectivity index (χ3v) is 15.2. The van der Waals surface area contributed by atoms with Crippen LogP contribution < -0.4 is 53.0 Å². The van der Waals surface area contributed by atoms with Crippen molar-refractivity contribution in [1.82, 2.24) is 0 Å². The third-order valence-electron chi connectivity index (χ3n) is 10.8. The van der Waals surface area contributed by atoms with E-state index in [4.69, 9.17) is 9.47 Å². The molecule has 0 bridgehead atoms. The molecule has 0 heterocycles. The summed E-state index contributed by atoms with van der Waals surface area (Å²) in [5.41, 5.74) is -1.14. The van der Waals surface area contributed by atoms with E-state index in [2.05, 4.69) is 47.0 Å². The Morgan fingerprint density at radius 2 is 1.02 bits per heavy atom. The highest BCUT2D eigenvalue weighted by Crippen LogP contribution is 2.61. The summed E-state index contributed by atoms with van der Waals surface area (Å²) in [7, 11) is 0.377. The fraction of sp³-hybridized carbons (Fsp3) is 0.100. The summed E-state index contributed by atoms with van der Waals surface area (Å²) in [5.74, 6) is 1.24. The van der Waals surface area contributed by atoms with E-state index in [-0.39, 0.29) is 28.7 Å². The molecule has 8 aromatic carbocycles. The van der Waals surface area contributed by atoms with E-state index in [0.717, 1.165) is 48.6 Å². The van der Waals surface area contributed by atoms with Crippen LogP contribution in [0.25, 0.3) is 32.7 Å². The van der Waals surface area contributed by atoms with Gasteiger partial charge in [0, 0.05) is 22.9 Å². The first-order chi connectivity index (χ1) is 29.8. The predicted octanol–water partition coefficient (Wildman–Crippen LogP) is 9.86. The number of anilines is 2. The first kappa shape index (κ1) is 44.7. The van der Waals surface area contributed by atoms with E-state index in [9.17, 15) is 31.1 Å². The molecule has 0 atom stereocenters. The number of alkyl halides is 6. The molecular formula is C50H38BrF6N2O3P. The molecule has 8 rings (SSSR count). The molecule has 63 heavy (non-hydrogen) atoms. The van der Waals surface area contributed by atoms with E-state index in [1.807, 2.05) is 109 Å². The molecule has 0 saturated heterocycles. The number of nitrogens with one attached hydrogen (secondary N) is 2. The Labute approximate surface area is 370 Å². The van der Waals surface area contributed by atoms with Crippen molar-refractivity contribution in [3.05, 3.63) is 187 Å². The zero-order valence-electron chi connectivity index (χ0n) is 33.7. The average molecular weight is 940 g/mol. The van der Waals surface area contributed by atoms with Gasteiger partial charge in [-0.25, -0.2) is 4.79 Å². The molecule has 0 aliphatic heterocycles. The first-order valence-electron chi connectivity index (χ1n) is 19.4. The SMILES string of the molecule is COc1cc(C[P+](c2ccccc2)(c2ccccc2)c2ccc3ccccc3c2-c2c(NC(=O)Nc3cc(C(F)(F)F)cc(C(F)(F)F)c3)ccc3ccccc23)cc(OC)c1.[Br-]. The van der Waals surface area contributed by atoms with Gasteiger partial charge in [-0.15, -0.1) is 0 Å². The zero-order chi connectivity index (χ0) is 43.6. The summed E-state index contributed by atoms with van der Waals surface area (Å²) in [6.07, 6.45) is -9.70. The van der Waals surface area contributed by atoms with Crippen molar-refractivity contribution >= 4 is 62.1 Å². The van der Waals surface area contributed by atoms with Crippen LogP contribution in [0, 0.1) is 0 Å². The number of halogens is 7.